The molecule has 5 nitrogen and oxygen atoms in total. The van der Waals surface area contributed by atoms with Crippen molar-refractivity contribution in [3.8, 4) is 0 Å². The van der Waals surface area contributed by atoms with Crippen LogP contribution < -0.4 is 11.1 Å². The van der Waals surface area contributed by atoms with E-state index in [2.05, 4.69) is 10.3 Å². The van der Waals surface area contributed by atoms with E-state index in [9.17, 15) is 12.8 Å². The minimum absolute atomic E-state index is 0.266. The molecule has 0 saturated heterocycles. The van der Waals surface area contributed by atoms with Crippen molar-refractivity contribution in [2.75, 3.05) is 6.54 Å². The molecule has 3 rings (SSSR count). The molecule has 0 amide bonds. The van der Waals surface area contributed by atoms with Crippen LogP contribution in [0, 0.1) is 5.82 Å². The van der Waals surface area contributed by atoms with Crippen LogP contribution in [-0.4, -0.2) is 32.0 Å². The second-order valence-electron chi connectivity index (χ2n) is 7.53. The van der Waals surface area contributed by atoms with Gasteiger partial charge in [0.05, 0.1) is 0 Å². The van der Waals surface area contributed by atoms with Crippen LogP contribution in [0.2, 0.25) is 5.02 Å². The number of benzene rings is 1. The first-order valence-electron chi connectivity index (χ1n) is 9.95. The summed E-state index contributed by atoms with van der Waals surface area (Å²) >= 11 is 7.49. The highest BCUT2D eigenvalue weighted by Crippen LogP contribution is 2.28. The molecule has 3 N–H and O–H groups in total. The van der Waals surface area contributed by atoms with Gasteiger partial charge in [-0.2, -0.15) is 0 Å². The largest absolute Gasteiger partial charge is 0.326 e. The smallest absolute Gasteiger partial charge is 0.187 e. The van der Waals surface area contributed by atoms with E-state index < -0.39 is 15.7 Å². The Morgan fingerprint density at radius 2 is 2.10 bits per heavy atom. The number of unbranched alkanes of at least 4 members (excludes halogenated alkanes) is 2. The van der Waals surface area contributed by atoms with Crippen LogP contribution in [0.4, 0.5) is 4.39 Å². The van der Waals surface area contributed by atoms with E-state index in [4.69, 9.17) is 17.3 Å². The van der Waals surface area contributed by atoms with Crippen LogP contribution in [0.15, 0.2) is 28.6 Å². The number of nitrogens with two attached hydrogens (primary N) is 1. The molecule has 1 aliphatic rings. The molecule has 1 aliphatic carbocycles. The molecule has 0 aliphatic heterocycles. The van der Waals surface area contributed by atoms with Crippen molar-refractivity contribution >= 4 is 32.8 Å². The van der Waals surface area contributed by atoms with Crippen molar-refractivity contribution in [1.29, 1.82) is 0 Å². The maximum absolute atomic E-state index is 14.5. The lowest BCUT2D eigenvalue weighted by atomic mass is 10.1. The van der Waals surface area contributed by atoms with Crippen molar-refractivity contribution in [3.63, 3.8) is 0 Å². The van der Waals surface area contributed by atoms with Gasteiger partial charge in [0.25, 0.3) is 0 Å². The summed E-state index contributed by atoms with van der Waals surface area (Å²) in [7, 11) is -3.83. The summed E-state index contributed by atoms with van der Waals surface area (Å²) in [5.41, 5.74) is 6.69. The maximum Gasteiger partial charge on any atom is 0.187 e. The molecule has 9 heteroatoms. The predicted octanol–water partition coefficient (Wildman–Crippen LogP) is 4.09. The van der Waals surface area contributed by atoms with Crippen LogP contribution in [0.5, 0.6) is 0 Å². The molecule has 160 valence electrons. The normalized spacial score (nSPS) is 19.7. The van der Waals surface area contributed by atoms with Crippen LogP contribution in [0.25, 0.3) is 0 Å². The standard InChI is InChI=1S/C20H27ClFN3O2S2/c21-15-12-19(29(26,27)13-20-25-9-10-28-20)16(22)11-14(15)5-2-1-3-8-24-18-7-4-6-17(18)23/h9-12,17-18,24H,1-8,13,23H2/t17-,18+/m1/s1. The summed E-state index contributed by atoms with van der Waals surface area (Å²) in [5.74, 6) is -1.08. The lowest BCUT2D eigenvalue weighted by molar-refractivity contribution is 0.464. The fourth-order valence-corrected chi connectivity index (χ4v) is 6.38. The van der Waals surface area contributed by atoms with E-state index in [0.29, 0.717) is 28.1 Å². The van der Waals surface area contributed by atoms with E-state index in [1.165, 1.54) is 36.1 Å². The van der Waals surface area contributed by atoms with Crippen molar-refractivity contribution in [3.05, 3.63) is 45.1 Å². The number of sulfone groups is 1. The highest BCUT2D eigenvalue weighted by molar-refractivity contribution is 7.90. The number of aromatic nitrogens is 1. The summed E-state index contributed by atoms with van der Waals surface area (Å²) in [5, 5.41) is 5.92. The number of thiazole rings is 1. The Balaban J connectivity index is 1.50. The van der Waals surface area contributed by atoms with E-state index in [1.807, 2.05) is 0 Å². The number of halogens is 2. The van der Waals surface area contributed by atoms with E-state index in [0.717, 1.165) is 38.6 Å². The minimum Gasteiger partial charge on any atom is -0.326 e. The molecule has 1 fully saturated rings. The van der Waals surface area contributed by atoms with Gasteiger partial charge in [-0.05, 0) is 56.3 Å². The molecule has 0 bridgehead atoms. The monoisotopic (exact) mass is 459 g/mol. The van der Waals surface area contributed by atoms with Gasteiger partial charge in [-0.3, -0.25) is 0 Å². The van der Waals surface area contributed by atoms with Gasteiger partial charge in [0.2, 0.25) is 0 Å². The molecule has 1 aromatic carbocycles. The average Bonchev–Trinajstić information content (AvgIpc) is 3.31. The zero-order valence-corrected chi connectivity index (χ0v) is 18.6. The SMILES string of the molecule is N[C@@H]1CCC[C@@H]1NCCCCCc1cc(F)c(S(=O)(=O)Cc2nccs2)cc1Cl. The molecule has 1 heterocycles. The van der Waals surface area contributed by atoms with Crippen LogP contribution in [-0.2, 0) is 22.0 Å². The second-order valence-corrected chi connectivity index (χ2v) is 10.9. The quantitative estimate of drug-likeness (QED) is 0.522. The summed E-state index contributed by atoms with van der Waals surface area (Å²) in [4.78, 5) is 3.60. The first-order chi connectivity index (χ1) is 13.9. The van der Waals surface area contributed by atoms with Gasteiger partial charge in [-0.1, -0.05) is 24.4 Å². The van der Waals surface area contributed by atoms with E-state index in [-0.39, 0.29) is 16.7 Å². The zero-order chi connectivity index (χ0) is 20.9. The average molecular weight is 460 g/mol. The third-order valence-electron chi connectivity index (χ3n) is 5.33. The van der Waals surface area contributed by atoms with Crippen molar-refractivity contribution < 1.29 is 12.8 Å². The maximum atomic E-state index is 14.5. The molecule has 0 radical (unpaired) electrons. The first-order valence-corrected chi connectivity index (χ1v) is 12.9. The number of hydrogen-bond acceptors (Lipinski definition) is 6. The molecular formula is C20H27ClFN3O2S2. The summed E-state index contributed by atoms with van der Waals surface area (Å²) < 4.78 is 39.5. The lowest BCUT2D eigenvalue weighted by Gasteiger charge is -2.17. The van der Waals surface area contributed by atoms with Crippen LogP contribution in [0.1, 0.15) is 49.1 Å². The van der Waals surface area contributed by atoms with Crippen LogP contribution in [0.3, 0.4) is 0 Å². The summed E-state index contributed by atoms with van der Waals surface area (Å²) in [6, 6.07) is 3.19. The van der Waals surface area contributed by atoms with Crippen LogP contribution >= 0.6 is 22.9 Å². The Morgan fingerprint density at radius 3 is 2.79 bits per heavy atom. The number of rotatable bonds is 10. The molecule has 29 heavy (non-hydrogen) atoms. The number of hydrogen-bond donors (Lipinski definition) is 2. The van der Waals surface area contributed by atoms with E-state index in [1.54, 1.807) is 5.38 Å². The minimum atomic E-state index is -3.83. The Morgan fingerprint density at radius 1 is 1.28 bits per heavy atom. The molecule has 2 atom stereocenters. The number of nitrogens with zero attached hydrogens (tertiary/aromatic N) is 1. The van der Waals surface area contributed by atoms with Gasteiger partial charge in [0.1, 0.15) is 21.5 Å². The third-order valence-corrected chi connectivity index (χ3v) is 8.28. The predicted molar refractivity (Wildman–Crippen MR) is 116 cm³/mol. The Hall–Kier alpha value is -1.06. The fraction of sp³-hybridized carbons (Fsp3) is 0.550. The number of nitrogens with one attached hydrogen (secondary N) is 1. The van der Waals surface area contributed by atoms with Gasteiger partial charge < -0.3 is 11.1 Å². The van der Waals surface area contributed by atoms with Gasteiger partial charge in [0, 0.05) is 28.7 Å². The van der Waals surface area contributed by atoms with Gasteiger partial charge in [-0.25, -0.2) is 17.8 Å². The highest BCUT2D eigenvalue weighted by atomic mass is 35.5. The molecular weight excluding hydrogens is 433 g/mol. The molecule has 0 unspecified atom stereocenters. The molecule has 1 saturated carbocycles. The van der Waals surface area contributed by atoms with Crippen molar-refractivity contribution in [2.24, 2.45) is 5.73 Å². The summed E-state index contributed by atoms with van der Waals surface area (Å²) in [6.45, 7) is 0.925. The Kier molecular flexibility index (Phi) is 8.04. The zero-order valence-electron chi connectivity index (χ0n) is 16.2. The van der Waals surface area contributed by atoms with Crippen molar-refractivity contribution in [2.45, 2.75) is 67.7 Å². The van der Waals surface area contributed by atoms with Gasteiger partial charge >= 0.3 is 0 Å². The first kappa shape index (κ1) is 22.6. The van der Waals surface area contributed by atoms with Gasteiger partial charge in [0.15, 0.2) is 9.84 Å². The molecule has 0 spiro atoms. The lowest BCUT2D eigenvalue weighted by Crippen LogP contribution is -2.41. The number of aryl methyl sites for hydroxylation is 1. The topological polar surface area (TPSA) is 85.1 Å². The Bertz CT molecular complexity index is 907. The van der Waals surface area contributed by atoms with Gasteiger partial charge in [-0.15, -0.1) is 11.3 Å². The second kappa shape index (κ2) is 10.3. The summed E-state index contributed by atoms with van der Waals surface area (Å²) in [6.07, 6.45) is 8.44. The fourth-order valence-electron chi connectivity index (χ4n) is 3.71. The van der Waals surface area contributed by atoms with E-state index >= 15 is 0 Å². The highest BCUT2D eigenvalue weighted by Gasteiger charge is 2.24. The Labute approximate surface area is 180 Å². The molecule has 2 aromatic rings. The third kappa shape index (κ3) is 6.21. The van der Waals surface area contributed by atoms with Crippen molar-refractivity contribution in [1.82, 2.24) is 10.3 Å². The molecule has 1 aromatic heterocycles.